The van der Waals surface area contributed by atoms with Crippen molar-refractivity contribution in [2.24, 2.45) is 0 Å². The number of nitrogens with one attached hydrogen (secondary N) is 3. The molecule has 3 N–H and O–H groups in total. The van der Waals surface area contributed by atoms with Crippen molar-refractivity contribution in [3.8, 4) is 11.5 Å². The lowest BCUT2D eigenvalue weighted by Gasteiger charge is -2.17. The molecule has 2 amide bonds. The lowest BCUT2D eigenvalue weighted by atomic mass is 10.1. The summed E-state index contributed by atoms with van der Waals surface area (Å²) < 4.78 is 10.7. The van der Waals surface area contributed by atoms with E-state index >= 15 is 0 Å². The Bertz CT molecular complexity index is 1100. The number of fused-ring (bicyclic) bond motifs is 1. The predicted molar refractivity (Wildman–Crippen MR) is 111 cm³/mol. The van der Waals surface area contributed by atoms with Crippen molar-refractivity contribution < 1.29 is 19.1 Å². The van der Waals surface area contributed by atoms with Crippen molar-refractivity contribution in [3.63, 3.8) is 0 Å². The summed E-state index contributed by atoms with van der Waals surface area (Å²) in [6.45, 7) is 0. The third-order valence-electron chi connectivity index (χ3n) is 4.60. The predicted octanol–water partition coefficient (Wildman–Crippen LogP) is 4.07. The first-order chi connectivity index (χ1) is 14.1. The first-order valence-corrected chi connectivity index (χ1v) is 8.94. The smallest absolute Gasteiger partial charge is 0.259 e. The van der Waals surface area contributed by atoms with Crippen molar-refractivity contribution in [2.75, 3.05) is 24.9 Å². The second kappa shape index (κ2) is 7.55. The van der Waals surface area contributed by atoms with Gasteiger partial charge in [0.1, 0.15) is 11.5 Å². The molecule has 0 radical (unpaired) electrons. The van der Waals surface area contributed by atoms with Gasteiger partial charge in [-0.15, -0.1) is 0 Å². The molecule has 0 aliphatic carbocycles. The molecule has 1 aliphatic rings. The molecule has 0 bridgehead atoms. The van der Waals surface area contributed by atoms with Crippen LogP contribution in [0.3, 0.4) is 0 Å². The second-order valence-electron chi connectivity index (χ2n) is 6.41. The van der Waals surface area contributed by atoms with E-state index < -0.39 is 11.8 Å². The summed E-state index contributed by atoms with van der Waals surface area (Å²) in [7, 11) is 3.15. The molecular formula is C22H19N3O4. The van der Waals surface area contributed by atoms with Gasteiger partial charge in [0.25, 0.3) is 11.8 Å². The highest BCUT2D eigenvalue weighted by molar-refractivity contribution is 6.22. The quantitative estimate of drug-likeness (QED) is 0.551. The minimum atomic E-state index is -0.416. The van der Waals surface area contributed by atoms with Crippen LogP contribution in [0, 0.1) is 0 Å². The van der Waals surface area contributed by atoms with E-state index in [4.69, 9.17) is 9.47 Å². The summed E-state index contributed by atoms with van der Waals surface area (Å²) >= 11 is 0. The van der Waals surface area contributed by atoms with Gasteiger partial charge in [-0.2, -0.15) is 0 Å². The normalized spacial score (nSPS) is 12.2. The standard InChI is InChI=1S/C22H19N3O4/c1-28-14-8-9-17(20(10-14)29-2)24-19-12-16-15(21(26)25-22(16)27)11-18(19)23-13-6-4-3-5-7-13/h3-12,23-24H,1-2H3,(H,25,26,27). The van der Waals surface area contributed by atoms with Gasteiger partial charge in [0.15, 0.2) is 0 Å². The van der Waals surface area contributed by atoms with Gasteiger partial charge in [-0.1, -0.05) is 18.2 Å². The molecule has 3 aromatic carbocycles. The van der Waals surface area contributed by atoms with Crippen LogP contribution in [-0.4, -0.2) is 26.0 Å². The minimum Gasteiger partial charge on any atom is -0.497 e. The molecule has 29 heavy (non-hydrogen) atoms. The average molecular weight is 389 g/mol. The summed E-state index contributed by atoms with van der Waals surface area (Å²) in [5, 5.41) is 8.92. The van der Waals surface area contributed by atoms with Crippen LogP contribution in [0.2, 0.25) is 0 Å². The molecule has 0 fully saturated rings. The zero-order valence-electron chi connectivity index (χ0n) is 15.9. The average Bonchev–Trinajstić information content (AvgIpc) is 3.02. The Morgan fingerprint density at radius 2 is 1.38 bits per heavy atom. The highest BCUT2D eigenvalue weighted by Gasteiger charge is 2.28. The molecule has 146 valence electrons. The van der Waals surface area contributed by atoms with E-state index in [1.165, 1.54) is 0 Å². The minimum absolute atomic E-state index is 0.323. The molecule has 4 rings (SSSR count). The summed E-state index contributed by atoms with van der Waals surface area (Å²) in [4.78, 5) is 24.2. The third-order valence-corrected chi connectivity index (χ3v) is 4.60. The van der Waals surface area contributed by atoms with Crippen LogP contribution in [0.15, 0.2) is 60.7 Å². The molecule has 0 aromatic heterocycles. The van der Waals surface area contributed by atoms with E-state index in [9.17, 15) is 9.59 Å². The summed E-state index contributed by atoms with van der Waals surface area (Å²) in [6.07, 6.45) is 0. The Balaban J connectivity index is 1.78. The van der Waals surface area contributed by atoms with E-state index in [0.717, 1.165) is 5.69 Å². The van der Waals surface area contributed by atoms with Crippen molar-refractivity contribution in [1.29, 1.82) is 0 Å². The number of rotatable bonds is 6. The molecule has 0 spiro atoms. The molecule has 0 saturated heterocycles. The monoisotopic (exact) mass is 389 g/mol. The third kappa shape index (κ3) is 3.58. The Labute approximate surface area is 167 Å². The fourth-order valence-corrected chi connectivity index (χ4v) is 3.14. The number of hydrogen-bond donors (Lipinski definition) is 3. The molecule has 7 nitrogen and oxygen atoms in total. The fourth-order valence-electron chi connectivity index (χ4n) is 3.14. The number of para-hydroxylation sites is 1. The molecule has 1 heterocycles. The number of hydrogen-bond acceptors (Lipinski definition) is 6. The summed E-state index contributed by atoms with van der Waals surface area (Å²) in [6, 6.07) is 18.3. The van der Waals surface area contributed by atoms with Crippen LogP contribution in [0.5, 0.6) is 11.5 Å². The molecule has 0 saturated carbocycles. The van der Waals surface area contributed by atoms with Gasteiger partial charge in [0.05, 0.1) is 42.4 Å². The lowest BCUT2D eigenvalue weighted by molar-refractivity contribution is 0.0879. The van der Waals surface area contributed by atoms with Gasteiger partial charge in [-0.05, 0) is 36.4 Å². The number of anilines is 4. The van der Waals surface area contributed by atoms with Crippen LogP contribution in [0.4, 0.5) is 22.7 Å². The van der Waals surface area contributed by atoms with Crippen molar-refractivity contribution in [1.82, 2.24) is 5.32 Å². The number of ether oxygens (including phenoxy) is 2. The maximum Gasteiger partial charge on any atom is 0.259 e. The molecule has 3 aromatic rings. The maximum atomic E-state index is 12.1. The highest BCUT2D eigenvalue weighted by atomic mass is 16.5. The molecule has 0 unspecified atom stereocenters. The fraction of sp³-hybridized carbons (Fsp3) is 0.0909. The van der Waals surface area contributed by atoms with E-state index in [1.807, 2.05) is 36.4 Å². The zero-order chi connectivity index (χ0) is 20.4. The number of benzene rings is 3. The Morgan fingerprint density at radius 1 is 0.724 bits per heavy atom. The first kappa shape index (κ1) is 18.4. The van der Waals surface area contributed by atoms with Crippen LogP contribution >= 0.6 is 0 Å². The zero-order valence-corrected chi connectivity index (χ0v) is 15.9. The Morgan fingerprint density at radius 3 is 2.00 bits per heavy atom. The van der Waals surface area contributed by atoms with Crippen LogP contribution in [0.1, 0.15) is 20.7 Å². The number of amides is 2. The van der Waals surface area contributed by atoms with Crippen LogP contribution in [0.25, 0.3) is 0 Å². The van der Waals surface area contributed by atoms with Gasteiger partial charge in [-0.3, -0.25) is 14.9 Å². The molecule has 0 atom stereocenters. The maximum absolute atomic E-state index is 12.1. The van der Waals surface area contributed by atoms with Crippen molar-refractivity contribution in [3.05, 3.63) is 71.8 Å². The Kier molecular flexibility index (Phi) is 4.78. The largest absolute Gasteiger partial charge is 0.497 e. The van der Waals surface area contributed by atoms with E-state index in [-0.39, 0.29) is 0 Å². The van der Waals surface area contributed by atoms with Crippen LogP contribution in [-0.2, 0) is 0 Å². The van der Waals surface area contributed by atoms with Gasteiger partial charge in [0, 0.05) is 11.8 Å². The number of carbonyl (C=O) groups is 2. The van der Waals surface area contributed by atoms with Gasteiger partial charge >= 0.3 is 0 Å². The first-order valence-electron chi connectivity index (χ1n) is 8.94. The second-order valence-corrected chi connectivity index (χ2v) is 6.41. The van der Waals surface area contributed by atoms with Gasteiger partial charge in [-0.25, -0.2) is 0 Å². The van der Waals surface area contributed by atoms with E-state index in [0.29, 0.717) is 39.7 Å². The Hall–Kier alpha value is -4.00. The SMILES string of the molecule is COc1ccc(Nc2cc3c(cc2Nc2ccccc2)C(=O)NC3=O)c(OC)c1. The van der Waals surface area contributed by atoms with E-state index in [2.05, 4.69) is 16.0 Å². The summed E-state index contributed by atoms with van der Waals surface area (Å²) in [5.41, 5.74) is 3.47. The van der Waals surface area contributed by atoms with E-state index in [1.54, 1.807) is 38.5 Å². The van der Waals surface area contributed by atoms with Gasteiger partial charge in [0.2, 0.25) is 0 Å². The number of carbonyl (C=O) groups excluding carboxylic acids is 2. The highest BCUT2D eigenvalue weighted by Crippen LogP contribution is 2.37. The van der Waals surface area contributed by atoms with Gasteiger partial charge < -0.3 is 20.1 Å². The number of imide groups is 1. The molecular weight excluding hydrogens is 370 g/mol. The topological polar surface area (TPSA) is 88.7 Å². The van der Waals surface area contributed by atoms with Crippen molar-refractivity contribution in [2.45, 2.75) is 0 Å². The molecule has 1 aliphatic heterocycles. The van der Waals surface area contributed by atoms with Crippen LogP contribution < -0.4 is 25.4 Å². The van der Waals surface area contributed by atoms with Crippen molar-refractivity contribution >= 4 is 34.6 Å². The summed E-state index contributed by atoms with van der Waals surface area (Å²) in [5.74, 6) is 0.417. The lowest BCUT2D eigenvalue weighted by Crippen LogP contribution is -2.19. The number of methoxy groups -OCH3 is 2. The molecule has 7 heteroatoms.